The van der Waals surface area contributed by atoms with Gasteiger partial charge in [0.05, 0.1) is 6.04 Å². The minimum absolute atomic E-state index is 0.451. The number of nitrogens with zero attached hydrogens (tertiary/aromatic N) is 2. The molecule has 116 valence electrons. The molecule has 3 aromatic rings. The molecule has 0 amide bonds. The van der Waals surface area contributed by atoms with Crippen LogP contribution in [0.25, 0.3) is 21.2 Å². The normalized spacial score (nSPS) is 21.5. The van der Waals surface area contributed by atoms with E-state index in [0.29, 0.717) is 6.04 Å². The molecule has 0 saturated carbocycles. The van der Waals surface area contributed by atoms with Gasteiger partial charge in [0.25, 0.3) is 0 Å². The van der Waals surface area contributed by atoms with Gasteiger partial charge >= 0.3 is 0 Å². The van der Waals surface area contributed by atoms with Crippen LogP contribution in [0.4, 0.5) is 0 Å². The summed E-state index contributed by atoms with van der Waals surface area (Å²) < 4.78 is 1.42. The van der Waals surface area contributed by atoms with Crippen LogP contribution < -0.4 is 0 Å². The third kappa shape index (κ3) is 2.01. The van der Waals surface area contributed by atoms with E-state index in [0.717, 1.165) is 13.1 Å². The molecule has 1 atom stereocenters. The smallest absolute Gasteiger partial charge is 0.0709 e. The topological polar surface area (TPSA) is 6.48 Å². The first-order valence-corrected chi connectivity index (χ1v) is 9.18. The van der Waals surface area contributed by atoms with Gasteiger partial charge in [-0.3, -0.25) is 4.90 Å². The Kier molecular flexibility index (Phi) is 3.08. The summed E-state index contributed by atoms with van der Waals surface area (Å²) in [6.45, 7) is 4.64. The van der Waals surface area contributed by atoms with Gasteiger partial charge in [-0.1, -0.05) is 42.5 Å². The molecule has 1 fully saturated rings. The highest BCUT2D eigenvalue weighted by Crippen LogP contribution is 2.53. The summed E-state index contributed by atoms with van der Waals surface area (Å²) in [5, 5.41) is 1.43. The molecule has 2 heterocycles. The maximum atomic E-state index is 2.68. The van der Waals surface area contributed by atoms with Gasteiger partial charge in [-0.2, -0.15) is 0 Å². The lowest BCUT2D eigenvalue weighted by Gasteiger charge is -2.36. The molecule has 0 bridgehead atoms. The van der Waals surface area contributed by atoms with E-state index in [1.165, 1.54) is 39.9 Å². The van der Waals surface area contributed by atoms with Gasteiger partial charge in [-0.25, -0.2) is 0 Å². The zero-order chi connectivity index (χ0) is 15.4. The first-order valence-electron chi connectivity index (χ1n) is 8.36. The molecule has 1 aromatic heterocycles. The first kappa shape index (κ1) is 13.7. The third-order valence-electron chi connectivity index (χ3n) is 5.30. The molecule has 1 aliphatic carbocycles. The molecule has 3 heteroatoms. The van der Waals surface area contributed by atoms with E-state index < -0.39 is 0 Å². The number of hydrogen-bond acceptors (Lipinski definition) is 3. The van der Waals surface area contributed by atoms with Crippen molar-refractivity contribution in [1.29, 1.82) is 0 Å². The van der Waals surface area contributed by atoms with Gasteiger partial charge < -0.3 is 4.90 Å². The highest BCUT2D eigenvalue weighted by Gasteiger charge is 2.36. The standard InChI is InChI=1S/C20H20N2S/c1-21-10-12-22(13-11-21)19-15-7-3-2-6-14(15)18-16-8-4-5-9-17(16)23-20(18)19/h2-9,19H,10-13H2,1H3. The third-order valence-corrected chi connectivity index (χ3v) is 6.52. The van der Waals surface area contributed by atoms with Crippen LogP contribution in [-0.2, 0) is 0 Å². The lowest BCUT2D eigenvalue weighted by atomic mass is 10.0. The van der Waals surface area contributed by atoms with Crippen LogP contribution >= 0.6 is 11.3 Å². The van der Waals surface area contributed by atoms with Gasteiger partial charge in [-0.15, -0.1) is 11.3 Å². The van der Waals surface area contributed by atoms with Crippen molar-refractivity contribution in [2.24, 2.45) is 0 Å². The number of benzene rings is 2. The molecule has 2 aliphatic rings. The molecular weight excluding hydrogens is 300 g/mol. The Morgan fingerprint density at radius 3 is 2.52 bits per heavy atom. The van der Waals surface area contributed by atoms with Crippen LogP contribution in [0.2, 0.25) is 0 Å². The summed E-state index contributed by atoms with van der Waals surface area (Å²) in [5.41, 5.74) is 4.44. The van der Waals surface area contributed by atoms with E-state index >= 15 is 0 Å². The van der Waals surface area contributed by atoms with Gasteiger partial charge in [0, 0.05) is 46.7 Å². The van der Waals surface area contributed by atoms with Crippen LogP contribution in [0.15, 0.2) is 48.5 Å². The van der Waals surface area contributed by atoms with Gasteiger partial charge in [0.1, 0.15) is 0 Å². The fraction of sp³-hybridized carbons (Fsp3) is 0.300. The van der Waals surface area contributed by atoms with E-state index in [2.05, 4.69) is 65.4 Å². The highest BCUT2D eigenvalue weighted by molar-refractivity contribution is 7.20. The summed E-state index contributed by atoms with van der Waals surface area (Å²) in [5.74, 6) is 0. The van der Waals surface area contributed by atoms with E-state index in [-0.39, 0.29) is 0 Å². The number of thiophene rings is 1. The summed E-state index contributed by atoms with van der Waals surface area (Å²) in [4.78, 5) is 6.67. The van der Waals surface area contributed by atoms with E-state index in [1.807, 2.05) is 11.3 Å². The number of likely N-dealkylation sites (N-methyl/N-ethyl adjacent to an activating group) is 1. The van der Waals surface area contributed by atoms with Crippen molar-refractivity contribution in [3.8, 4) is 11.1 Å². The van der Waals surface area contributed by atoms with Crippen LogP contribution in [0.5, 0.6) is 0 Å². The molecular formula is C20H20N2S. The molecule has 5 rings (SSSR count). The zero-order valence-electron chi connectivity index (χ0n) is 13.3. The number of rotatable bonds is 1. The lowest BCUT2D eigenvalue weighted by molar-refractivity contribution is 0.130. The highest BCUT2D eigenvalue weighted by atomic mass is 32.1. The Hall–Kier alpha value is -1.68. The Balaban J connectivity index is 1.71. The largest absolute Gasteiger partial charge is 0.304 e. The average Bonchev–Trinajstić information content (AvgIpc) is 3.10. The zero-order valence-corrected chi connectivity index (χ0v) is 14.1. The average molecular weight is 320 g/mol. The predicted molar refractivity (Wildman–Crippen MR) is 98.2 cm³/mol. The number of hydrogen-bond donors (Lipinski definition) is 0. The molecule has 1 saturated heterocycles. The summed E-state index contributed by atoms with van der Waals surface area (Å²) in [6, 6.07) is 18.3. The molecule has 0 radical (unpaired) electrons. The van der Waals surface area contributed by atoms with Crippen molar-refractivity contribution in [2.75, 3.05) is 33.2 Å². The van der Waals surface area contributed by atoms with Crippen LogP contribution in [0.1, 0.15) is 16.5 Å². The van der Waals surface area contributed by atoms with Crippen molar-refractivity contribution in [3.63, 3.8) is 0 Å². The molecule has 0 spiro atoms. The second-order valence-electron chi connectivity index (χ2n) is 6.67. The van der Waals surface area contributed by atoms with Gasteiger partial charge in [0.15, 0.2) is 0 Å². The first-order chi connectivity index (χ1) is 11.3. The van der Waals surface area contributed by atoms with E-state index in [9.17, 15) is 0 Å². The van der Waals surface area contributed by atoms with Crippen molar-refractivity contribution in [1.82, 2.24) is 9.80 Å². The SMILES string of the molecule is CN1CCN(C2c3ccccc3-c3c2sc2ccccc32)CC1. The lowest BCUT2D eigenvalue weighted by Crippen LogP contribution is -2.45. The fourth-order valence-corrected chi connectivity index (χ4v) is 5.45. The Morgan fingerprint density at radius 2 is 1.65 bits per heavy atom. The number of fused-ring (bicyclic) bond motifs is 5. The Labute approximate surface area is 141 Å². The molecule has 1 unspecified atom stereocenters. The molecule has 2 nitrogen and oxygen atoms in total. The fourth-order valence-electron chi connectivity index (χ4n) is 4.08. The van der Waals surface area contributed by atoms with Crippen molar-refractivity contribution in [3.05, 3.63) is 59.0 Å². The molecule has 23 heavy (non-hydrogen) atoms. The second kappa shape index (κ2) is 5.17. The Morgan fingerprint density at radius 1 is 0.913 bits per heavy atom. The predicted octanol–water partition coefficient (Wildman–Crippen LogP) is 4.22. The second-order valence-corrected chi connectivity index (χ2v) is 7.75. The maximum Gasteiger partial charge on any atom is 0.0709 e. The molecule has 0 N–H and O–H groups in total. The van der Waals surface area contributed by atoms with Crippen molar-refractivity contribution in [2.45, 2.75) is 6.04 Å². The van der Waals surface area contributed by atoms with Gasteiger partial charge in [-0.05, 0) is 24.2 Å². The van der Waals surface area contributed by atoms with Crippen LogP contribution in [-0.4, -0.2) is 43.0 Å². The van der Waals surface area contributed by atoms with E-state index in [4.69, 9.17) is 0 Å². The monoisotopic (exact) mass is 320 g/mol. The minimum atomic E-state index is 0.451. The van der Waals surface area contributed by atoms with E-state index in [1.54, 1.807) is 4.88 Å². The molecule has 2 aromatic carbocycles. The summed E-state index contributed by atoms with van der Waals surface area (Å²) in [7, 11) is 2.23. The van der Waals surface area contributed by atoms with Crippen LogP contribution in [0.3, 0.4) is 0 Å². The molecule has 1 aliphatic heterocycles. The van der Waals surface area contributed by atoms with Gasteiger partial charge in [0.2, 0.25) is 0 Å². The summed E-state index contributed by atoms with van der Waals surface area (Å²) >= 11 is 1.99. The summed E-state index contributed by atoms with van der Waals surface area (Å²) in [6.07, 6.45) is 0. The van der Waals surface area contributed by atoms with Crippen molar-refractivity contribution < 1.29 is 0 Å². The van der Waals surface area contributed by atoms with Crippen LogP contribution in [0, 0.1) is 0 Å². The minimum Gasteiger partial charge on any atom is -0.304 e. The Bertz CT molecular complexity index is 874. The maximum absolute atomic E-state index is 2.68. The van der Waals surface area contributed by atoms with Crippen molar-refractivity contribution >= 4 is 21.4 Å². The quantitative estimate of drug-likeness (QED) is 0.662. The number of piperazine rings is 1.